The maximum atomic E-state index is 12.6. The molecule has 3 heterocycles. The first-order valence-electron chi connectivity index (χ1n) is 12.4. The minimum Gasteiger partial charge on any atom is -0.480 e. The summed E-state index contributed by atoms with van der Waals surface area (Å²) in [4.78, 5) is 28.9. The van der Waals surface area contributed by atoms with Gasteiger partial charge in [0.05, 0.1) is 12.2 Å². The second-order valence-electron chi connectivity index (χ2n) is 9.51. The average molecular weight is 495 g/mol. The molecule has 2 unspecified atom stereocenters. The first-order chi connectivity index (χ1) is 16.2. The quantitative estimate of drug-likeness (QED) is 0.381. The summed E-state index contributed by atoms with van der Waals surface area (Å²) >= 11 is 0. The van der Waals surface area contributed by atoms with Gasteiger partial charge in [0, 0.05) is 25.3 Å². The molecule has 0 bridgehead atoms. The Balaban J connectivity index is 1.33. The molecule has 3 N–H and O–H groups in total. The van der Waals surface area contributed by atoms with E-state index in [2.05, 4.69) is 22.8 Å². The molecule has 1 aromatic rings. The van der Waals surface area contributed by atoms with Gasteiger partial charge in [-0.1, -0.05) is 31.7 Å². The number of aromatic nitrogens is 1. The molecule has 2 atom stereocenters. The summed E-state index contributed by atoms with van der Waals surface area (Å²) < 4.78 is 24.8. The van der Waals surface area contributed by atoms with Gasteiger partial charge in [-0.15, -0.1) is 0 Å². The number of amides is 1. The minimum atomic E-state index is -3.35. The van der Waals surface area contributed by atoms with Gasteiger partial charge in [0.2, 0.25) is 15.9 Å². The normalized spacial score (nSPS) is 19.6. The van der Waals surface area contributed by atoms with Gasteiger partial charge in [0.15, 0.2) is 0 Å². The summed E-state index contributed by atoms with van der Waals surface area (Å²) in [6.07, 6.45) is 10.6. The van der Waals surface area contributed by atoms with E-state index >= 15 is 0 Å². The Bertz CT molecular complexity index is 953. The lowest BCUT2D eigenvalue weighted by Gasteiger charge is -2.30. The van der Waals surface area contributed by atoms with E-state index < -0.39 is 28.0 Å². The Hall–Kier alpha value is -2.20. The van der Waals surface area contributed by atoms with Crippen molar-refractivity contribution >= 4 is 27.7 Å². The van der Waals surface area contributed by atoms with Crippen LogP contribution in [-0.4, -0.2) is 66.6 Å². The number of carbonyl (C=O) groups excluding carboxylic acids is 1. The van der Waals surface area contributed by atoms with Crippen LogP contribution in [-0.2, 0) is 32.5 Å². The van der Waals surface area contributed by atoms with Gasteiger partial charge < -0.3 is 15.7 Å². The molecule has 3 rings (SSSR count). The van der Waals surface area contributed by atoms with E-state index in [0.29, 0.717) is 25.8 Å². The summed E-state index contributed by atoms with van der Waals surface area (Å²) in [6.45, 7) is 1.51. The summed E-state index contributed by atoms with van der Waals surface area (Å²) in [5.74, 6) is -0.885. The maximum absolute atomic E-state index is 12.6. The van der Waals surface area contributed by atoms with Crippen molar-refractivity contribution in [1.29, 1.82) is 0 Å². The zero-order valence-electron chi connectivity index (χ0n) is 20.1. The molecule has 0 saturated carbocycles. The predicted octanol–water partition coefficient (Wildman–Crippen LogP) is 2.56. The molecule has 34 heavy (non-hydrogen) atoms. The number of hydrogen-bond donors (Lipinski definition) is 3. The molecule has 2 aliphatic rings. The molecule has 190 valence electrons. The third-order valence-corrected chi connectivity index (χ3v) is 7.99. The number of aryl methyl sites for hydroxylation is 2. The Morgan fingerprint density at radius 1 is 1.21 bits per heavy atom. The number of hydrogen-bond acceptors (Lipinski definition) is 6. The van der Waals surface area contributed by atoms with Crippen molar-refractivity contribution < 1.29 is 23.1 Å². The smallest absolute Gasteiger partial charge is 0.326 e. The van der Waals surface area contributed by atoms with Crippen molar-refractivity contribution in [2.24, 2.45) is 5.92 Å². The van der Waals surface area contributed by atoms with Crippen molar-refractivity contribution in [3.63, 3.8) is 0 Å². The summed E-state index contributed by atoms with van der Waals surface area (Å²) in [7, 11) is -3.35. The van der Waals surface area contributed by atoms with E-state index in [4.69, 9.17) is 4.98 Å². The Morgan fingerprint density at radius 3 is 2.74 bits per heavy atom. The van der Waals surface area contributed by atoms with Crippen LogP contribution in [0.2, 0.25) is 0 Å². The highest BCUT2D eigenvalue weighted by atomic mass is 32.2. The van der Waals surface area contributed by atoms with Crippen LogP contribution in [0, 0.1) is 5.92 Å². The third kappa shape index (κ3) is 7.94. The fourth-order valence-electron chi connectivity index (χ4n) is 4.70. The molecule has 1 saturated heterocycles. The summed E-state index contributed by atoms with van der Waals surface area (Å²) in [5.41, 5.74) is 2.41. The highest BCUT2D eigenvalue weighted by Crippen LogP contribution is 2.21. The highest BCUT2D eigenvalue weighted by Gasteiger charge is 2.32. The number of nitrogens with zero attached hydrogens (tertiary/aromatic N) is 2. The topological polar surface area (TPSA) is 129 Å². The SMILES string of the molecule is CS(=O)(=O)N1CCCC(C(=O)NC(CCCCCCCc2ccc3c(n2)NCCC3)C(=O)O)C1. The molecule has 0 spiro atoms. The number of rotatable bonds is 12. The third-order valence-electron chi connectivity index (χ3n) is 6.72. The molecular weight excluding hydrogens is 456 g/mol. The van der Waals surface area contributed by atoms with Crippen molar-refractivity contribution in [3.05, 3.63) is 23.4 Å². The second-order valence-corrected chi connectivity index (χ2v) is 11.5. The van der Waals surface area contributed by atoms with Gasteiger partial charge in [0.1, 0.15) is 11.9 Å². The fraction of sp³-hybridized carbons (Fsp3) is 0.708. The number of carbonyl (C=O) groups is 2. The van der Waals surface area contributed by atoms with E-state index in [0.717, 1.165) is 75.7 Å². The van der Waals surface area contributed by atoms with Crippen LogP contribution in [0.3, 0.4) is 0 Å². The number of pyridine rings is 1. The average Bonchev–Trinajstić information content (AvgIpc) is 2.81. The number of carboxylic acids is 1. The van der Waals surface area contributed by atoms with E-state index in [1.807, 2.05) is 0 Å². The number of unbranched alkanes of at least 4 members (excludes halogenated alkanes) is 4. The van der Waals surface area contributed by atoms with Crippen LogP contribution < -0.4 is 10.6 Å². The molecule has 1 fully saturated rings. The van der Waals surface area contributed by atoms with Crippen LogP contribution >= 0.6 is 0 Å². The van der Waals surface area contributed by atoms with Crippen molar-refractivity contribution in [2.45, 2.75) is 76.7 Å². The number of sulfonamides is 1. The molecule has 0 aliphatic carbocycles. The van der Waals surface area contributed by atoms with Crippen LogP contribution in [0.5, 0.6) is 0 Å². The summed E-state index contributed by atoms with van der Waals surface area (Å²) in [5, 5.41) is 15.5. The van der Waals surface area contributed by atoms with E-state index in [1.165, 1.54) is 9.87 Å². The number of nitrogens with one attached hydrogen (secondary N) is 2. The monoisotopic (exact) mass is 494 g/mol. The second kappa shape index (κ2) is 12.5. The Morgan fingerprint density at radius 2 is 1.97 bits per heavy atom. The maximum Gasteiger partial charge on any atom is 0.326 e. The molecule has 0 aromatic carbocycles. The molecule has 1 amide bonds. The first-order valence-corrected chi connectivity index (χ1v) is 14.3. The molecule has 10 heteroatoms. The van der Waals surface area contributed by atoms with Gasteiger partial charge >= 0.3 is 5.97 Å². The number of piperidine rings is 1. The standard InChI is InChI=1S/C24H38N4O5S/c1-34(32,33)28-16-8-10-19(17-28)23(29)27-21(24(30)31)12-6-4-2-3-5-11-20-14-13-18-9-7-15-25-22(18)26-20/h13-14,19,21H,2-12,15-17H2,1H3,(H,25,26)(H,27,29)(H,30,31). The summed E-state index contributed by atoms with van der Waals surface area (Å²) in [6, 6.07) is 3.36. The number of carboxylic acid groups (broad SMARTS) is 1. The Kier molecular flexibility index (Phi) is 9.70. The molecule has 2 aliphatic heterocycles. The highest BCUT2D eigenvalue weighted by molar-refractivity contribution is 7.88. The lowest BCUT2D eigenvalue weighted by molar-refractivity contribution is -0.143. The number of fused-ring (bicyclic) bond motifs is 1. The van der Waals surface area contributed by atoms with Gasteiger partial charge in [0.25, 0.3) is 0 Å². The largest absolute Gasteiger partial charge is 0.480 e. The van der Waals surface area contributed by atoms with Gasteiger partial charge in [-0.25, -0.2) is 22.5 Å². The lowest BCUT2D eigenvalue weighted by atomic mass is 9.97. The van der Waals surface area contributed by atoms with E-state index in [9.17, 15) is 23.1 Å². The molecule has 9 nitrogen and oxygen atoms in total. The first kappa shape index (κ1) is 26.4. The number of anilines is 1. The molecule has 0 radical (unpaired) electrons. The number of aliphatic carboxylic acids is 1. The fourth-order valence-corrected chi connectivity index (χ4v) is 5.61. The van der Waals surface area contributed by atoms with Crippen LogP contribution in [0.15, 0.2) is 12.1 Å². The van der Waals surface area contributed by atoms with Gasteiger partial charge in [-0.3, -0.25) is 4.79 Å². The van der Waals surface area contributed by atoms with Gasteiger partial charge in [-0.05, 0) is 56.6 Å². The van der Waals surface area contributed by atoms with Crippen molar-refractivity contribution in [3.8, 4) is 0 Å². The molecular formula is C24H38N4O5S. The van der Waals surface area contributed by atoms with E-state index in [1.54, 1.807) is 0 Å². The lowest BCUT2D eigenvalue weighted by Crippen LogP contribution is -2.49. The molecule has 1 aromatic heterocycles. The van der Waals surface area contributed by atoms with Crippen molar-refractivity contribution in [2.75, 3.05) is 31.2 Å². The zero-order chi connectivity index (χ0) is 24.6. The Labute approximate surface area is 202 Å². The van der Waals surface area contributed by atoms with E-state index in [-0.39, 0.29) is 12.5 Å². The van der Waals surface area contributed by atoms with Crippen LogP contribution in [0.4, 0.5) is 5.82 Å². The predicted molar refractivity (Wildman–Crippen MR) is 131 cm³/mol. The zero-order valence-corrected chi connectivity index (χ0v) is 20.9. The van der Waals surface area contributed by atoms with Crippen LogP contribution in [0.25, 0.3) is 0 Å². The van der Waals surface area contributed by atoms with Gasteiger partial charge in [-0.2, -0.15) is 0 Å². The minimum absolute atomic E-state index is 0.117. The van der Waals surface area contributed by atoms with Crippen molar-refractivity contribution in [1.82, 2.24) is 14.6 Å². The van der Waals surface area contributed by atoms with Crippen LogP contribution in [0.1, 0.15) is 69.0 Å².